The molecule has 0 bridgehead atoms. The molecule has 0 aliphatic heterocycles. The zero-order valence-corrected chi connectivity index (χ0v) is 15.6. The van der Waals surface area contributed by atoms with Crippen LogP contribution in [-0.4, -0.2) is 41.9 Å². The van der Waals surface area contributed by atoms with E-state index < -0.39 is 0 Å². The van der Waals surface area contributed by atoms with Crippen LogP contribution >= 0.6 is 0 Å². The molecule has 4 rings (SSSR count). The largest absolute Gasteiger partial charge is 0.448 e. The Morgan fingerprint density at radius 2 is 1.56 bits per heavy atom. The summed E-state index contributed by atoms with van der Waals surface area (Å²) in [6.07, 6.45) is 5.23. The number of fused-ring (bicyclic) bond motifs is 3. The summed E-state index contributed by atoms with van der Waals surface area (Å²) in [5.41, 5.74) is 4.90. The summed E-state index contributed by atoms with van der Waals surface area (Å²) in [5.74, 6) is 0.0729. The SMILES string of the molecule is O=C(OCC1c2ccccc2-c2ccccc21)N(CCO)C1CCCCC1. The van der Waals surface area contributed by atoms with Crippen LogP contribution in [0.3, 0.4) is 0 Å². The van der Waals surface area contributed by atoms with Crippen LogP contribution in [0.2, 0.25) is 0 Å². The van der Waals surface area contributed by atoms with Gasteiger partial charge in [0.2, 0.25) is 0 Å². The van der Waals surface area contributed by atoms with Crippen molar-refractivity contribution < 1.29 is 14.6 Å². The Kier molecular flexibility index (Phi) is 5.44. The number of aliphatic hydroxyl groups excluding tert-OH is 1. The lowest BCUT2D eigenvalue weighted by Gasteiger charge is -2.33. The molecule has 2 aromatic rings. The molecule has 0 unspecified atom stereocenters. The summed E-state index contributed by atoms with van der Waals surface area (Å²) in [6.45, 7) is 0.656. The molecule has 0 radical (unpaired) electrons. The zero-order valence-electron chi connectivity index (χ0n) is 15.6. The maximum Gasteiger partial charge on any atom is 0.410 e. The van der Waals surface area contributed by atoms with Crippen LogP contribution in [0.4, 0.5) is 4.79 Å². The fraction of sp³-hybridized carbons (Fsp3) is 0.435. The van der Waals surface area contributed by atoms with Gasteiger partial charge in [-0.05, 0) is 35.1 Å². The van der Waals surface area contributed by atoms with Gasteiger partial charge in [0.05, 0.1) is 6.61 Å². The molecule has 2 aliphatic carbocycles. The number of aliphatic hydroxyl groups is 1. The number of amides is 1. The van der Waals surface area contributed by atoms with Crippen LogP contribution in [0.25, 0.3) is 11.1 Å². The number of benzene rings is 2. The van der Waals surface area contributed by atoms with Crippen molar-refractivity contribution in [3.8, 4) is 11.1 Å². The molecule has 0 aromatic heterocycles. The van der Waals surface area contributed by atoms with Crippen molar-refractivity contribution in [2.45, 2.75) is 44.1 Å². The van der Waals surface area contributed by atoms with Crippen LogP contribution in [0.15, 0.2) is 48.5 Å². The number of ether oxygens (including phenoxy) is 1. The fourth-order valence-corrected chi connectivity index (χ4v) is 4.60. The Morgan fingerprint density at radius 3 is 2.15 bits per heavy atom. The van der Waals surface area contributed by atoms with Crippen LogP contribution < -0.4 is 0 Å². The van der Waals surface area contributed by atoms with Gasteiger partial charge in [0, 0.05) is 18.5 Å². The monoisotopic (exact) mass is 365 g/mol. The minimum atomic E-state index is -0.294. The molecule has 0 atom stereocenters. The van der Waals surface area contributed by atoms with Gasteiger partial charge in [-0.25, -0.2) is 4.79 Å². The first-order valence-corrected chi connectivity index (χ1v) is 10.0. The molecule has 142 valence electrons. The molecule has 2 aliphatic rings. The van der Waals surface area contributed by atoms with Crippen molar-refractivity contribution in [3.05, 3.63) is 59.7 Å². The topological polar surface area (TPSA) is 49.8 Å². The van der Waals surface area contributed by atoms with E-state index in [1.165, 1.54) is 28.7 Å². The molecule has 1 amide bonds. The third kappa shape index (κ3) is 3.59. The van der Waals surface area contributed by atoms with E-state index in [4.69, 9.17) is 4.74 Å². The van der Waals surface area contributed by atoms with Crippen molar-refractivity contribution in [1.29, 1.82) is 0 Å². The third-order valence-corrected chi connectivity index (χ3v) is 5.93. The first-order chi connectivity index (χ1) is 13.3. The van der Waals surface area contributed by atoms with Gasteiger partial charge in [0.15, 0.2) is 0 Å². The van der Waals surface area contributed by atoms with Gasteiger partial charge in [-0.3, -0.25) is 0 Å². The Morgan fingerprint density at radius 1 is 0.963 bits per heavy atom. The maximum atomic E-state index is 12.8. The summed E-state index contributed by atoms with van der Waals surface area (Å²) < 4.78 is 5.78. The molecule has 2 aromatic carbocycles. The molecule has 1 saturated carbocycles. The van der Waals surface area contributed by atoms with Crippen molar-refractivity contribution in [3.63, 3.8) is 0 Å². The van der Waals surface area contributed by atoms with Crippen LogP contribution in [-0.2, 0) is 4.74 Å². The number of carbonyl (C=O) groups excluding carboxylic acids is 1. The van der Waals surface area contributed by atoms with Crippen molar-refractivity contribution >= 4 is 6.09 Å². The van der Waals surface area contributed by atoms with Gasteiger partial charge in [0.1, 0.15) is 6.61 Å². The Hall–Kier alpha value is -2.33. The number of hydrogen-bond acceptors (Lipinski definition) is 3. The predicted octanol–water partition coefficient (Wildman–Crippen LogP) is 4.56. The lowest BCUT2D eigenvalue weighted by atomic mass is 9.94. The third-order valence-electron chi connectivity index (χ3n) is 5.93. The quantitative estimate of drug-likeness (QED) is 0.845. The molecule has 1 N–H and O–H groups in total. The van der Waals surface area contributed by atoms with Gasteiger partial charge >= 0.3 is 6.09 Å². The van der Waals surface area contributed by atoms with E-state index in [-0.39, 0.29) is 24.7 Å². The second kappa shape index (κ2) is 8.13. The Balaban J connectivity index is 1.50. The predicted molar refractivity (Wildman–Crippen MR) is 106 cm³/mol. The Bertz CT molecular complexity index is 752. The van der Waals surface area contributed by atoms with Crippen molar-refractivity contribution in [2.75, 3.05) is 19.8 Å². The lowest BCUT2D eigenvalue weighted by Crippen LogP contribution is -2.43. The highest BCUT2D eigenvalue weighted by molar-refractivity contribution is 5.79. The summed E-state index contributed by atoms with van der Waals surface area (Å²) in [4.78, 5) is 14.5. The zero-order chi connectivity index (χ0) is 18.6. The van der Waals surface area contributed by atoms with E-state index >= 15 is 0 Å². The minimum Gasteiger partial charge on any atom is -0.448 e. The smallest absolute Gasteiger partial charge is 0.410 e. The summed E-state index contributed by atoms with van der Waals surface area (Å²) >= 11 is 0. The van der Waals surface area contributed by atoms with E-state index in [1.807, 2.05) is 12.1 Å². The van der Waals surface area contributed by atoms with E-state index in [1.54, 1.807) is 4.90 Å². The molecule has 0 saturated heterocycles. The molecule has 1 fully saturated rings. The molecule has 4 heteroatoms. The van der Waals surface area contributed by atoms with Crippen LogP contribution in [0.5, 0.6) is 0 Å². The van der Waals surface area contributed by atoms with Crippen molar-refractivity contribution in [2.24, 2.45) is 0 Å². The van der Waals surface area contributed by atoms with Gasteiger partial charge in [-0.2, -0.15) is 0 Å². The summed E-state index contributed by atoms with van der Waals surface area (Å²) in [7, 11) is 0. The molecule has 4 nitrogen and oxygen atoms in total. The number of nitrogens with zero attached hydrogens (tertiary/aromatic N) is 1. The molecule has 27 heavy (non-hydrogen) atoms. The highest BCUT2D eigenvalue weighted by Crippen LogP contribution is 2.44. The lowest BCUT2D eigenvalue weighted by molar-refractivity contribution is 0.0660. The van der Waals surface area contributed by atoms with Gasteiger partial charge in [-0.15, -0.1) is 0 Å². The van der Waals surface area contributed by atoms with E-state index in [0.29, 0.717) is 13.2 Å². The first-order valence-electron chi connectivity index (χ1n) is 10.0. The standard InChI is InChI=1S/C23H27NO3/c25-15-14-24(17-8-2-1-3-9-17)23(26)27-16-22-20-12-6-4-10-18(20)19-11-5-7-13-21(19)22/h4-7,10-13,17,22,25H,1-3,8-9,14-16H2. The highest BCUT2D eigenvalue weighted by Gasteiger charge is 2.31. The van der Waals surface area contributed by atoms with Crippen LogP contribution in [0.1, 0.15) is 49.1 Å². The van der Waals surface area contributed by atoms with E-state index in [9.17, 15) is 9.90 Å². The summed E-state index contributed by atoms with van der Waals surface area (Å²) in [6, 6.07) is 16.9. The number of carbonyl (C=O) groups is 1. The van der Waals surface area contributed by atoms with Crippen molar-refractivity contribution in [1.82, 2.24) is 4.90 Å². The molecule has 0 heterocycles. The Labute approximate surface area is 160 Å². The number of rotatable bonds is 5. The normalized spacial score (nSPS) is 16.6. The molecular weight excluding hydrogens is 338 g/mol. The van der Waals surface area contributed by atoms with Crippen LogP contribution in [0, 0.1) is 0 Å². The minimum absolute atomic E-state index is 0.0271. The number of hydrogen-bond donors (Lipinski definition) is 1. The maximum absolute atomic E-state index is 12.8. The van der Waals surface area contributed by atoms with Gasteiger partial charge in [0.25, 0.3) is 0 Å². The van der Waals surface area contributed by atoms with Gasteiger partial charge < -0.3 is 14.7 Å². The second-order valence-corrected chi connectivity index (χ2v) is 7.51. The molecular formula is C23H27NO3. The van der Waals surface area contributed by atoms with Gasteiger partial charge in [-0.1, -0.05) is 67.8 Å². The fourth-order valence-electron chi connectivity index (χ4n) is 4.60. The average molecular weight is 365 g/mol. The second-order valence-electron chi connectivity index (χ2n) is 7.51. The molecule has 0 spiro atoms. The van der Waals surface area contributed by atoms with E-state index in [0.717, 1.165) is 25.7 Å². The summed E-state index contributed by atoms with van der Waals surface area (Å²) in [5, 5.41) is 9.41. The van der Waals surface area contributed by atoms with E-state index in [2.05, 4.69) is 36.4 Å². The first kappa shape index (κ1) is 18.1. The average Bonchev–Trinajstić information content (AvgIpc) is 3.05. The highest BCUT2D eigenvalue weighted by atomic mass is 16.6.